The molecular weight excluding hydrogens is 755 g/mol. The lowest BCUT2D eigenvalue weighted by Gasteiger charge is -2.29. The highest BCUT2D eigenvalue weighted by atomic mass is 32.2. The fourth-order valence-corrected chi connectivity index (χ4v) is 8.47. The molecule has 5 rings (SSSR count). The second kappa shape index (κ2) is 19.9. The number of nitrogens with one attached hydrogen (secondary N) is 2. The number of unbranched alkanes of at least 4 members (excludes halogenated alkanes) is 1. The minimum Gasteiger partial charge on any atom is -0.444 e. The number of alkyl carbamates (subject to hydrolysis) is 1. The highest BCUT2D eigenvalue weighted by Gasteiger charge is 2.45. The molecule has 0 spiro atoms. The number of ether oxygens (including phenoxy) is 2. The zero-order chi connectivity index (χ0) is 41.2. The van der Waals surface area contributed by atoms with Crippen LogP contribution in [0.15, 0.2) is 40.3 Å². The number of sulfonamides is 1. The first kappa shape index (κ1) is 43.8. The molecule has 16 heteroatoms. The van der Waals surface area contributed by atoms with Gasteiger partial charge in [-0.15, -0.1) is 0 Å². The normalized spacial score (nSPS) is 20.2. The van der Waals surface area contributed by atoms with Crippen molar-refractivity contribution >= 4 is 50.8 Å². The van der Waals surface area contributed by atoms with Crippen molar-refractivity contribution in [2.75, 3.05) is 32.4 Å². The highest BCUT2D eigenvalue weighted by molar-refractivity contribution is 7.88. The molecule has 57 heavy (non-hydrogen) atoms. The summed E-state index contributed by atoms with van der Waals surface area (Å²) in [6, 6.07) is 4.68. The fraction of sp³-hybridized carbons (Fsp3) is 0.659. The summed E-state index contributed by atoms with van der Waals surface area (Å²) in [7, 11) is -3.84. The maximum atomic E-state index is 14.5. The van der Waals surface area contributed by atoms with E-state index in [-0.39, 0.29) is 44.7 Å². The number of hydrogen-bond acceptors (Lipinski definition) is 11. The minimum atomic E-state index is -3.84. The molecule has 2 N–H and O–H groups in total. The van der Waals surface area contributed by atoms with Gasteiger partial charge in [0.15, 0.2) is 11.4 Å². The van der Waals surface area contributed by atoms with Crippen LogP contribution in [0.4, 0.5) is 9.59 Å². The molecule has 314 valence electrons. The molecule has 3 fully saturated rings. The second-order valence-corrected chi connectivity index (χ2v) is 18.3. The summed E-state index contributed by atoms with van der Waals surface area (Å²) in [5.74, 6) is -2.52. The first-order valence-electron chi connectivity index (χ1n) is 20.4. The number of likely N-dealkylation sites (tertiary alicyclic amines) is 2. The standard InChI is InChI=1S/C41H59N5O10S/c1-41(2,3)56-39(50)42-22-12-11-17-29(36(48)37-43-31-18-9-10-19-35(31)55-37)25-34(47)33-26-30(54-40(51)45-23-13-6-14-24-45)27-46(33)38(49)32(44-57(4,52)53)21-20-28-15-7-5-8-16-28/h9-10,18-20,29-30,32-33,44H,5-8,11-17,21-27H2,1-4H3,(H,42,50)/t29-,30-,32-,33+/m1/s1. The van der Waals surface area contributed by atoms with Gasteiger partial charge >= 0.3 is 12.2 Å². The minimum absolute atomic E-state index is 0.000441. The van der Waals surface area contributed by atoms with Crippen LogP contribution in [0.3, 0.4) is 0 Å². The number of allylic oxidation sites excluding steroid dienone is 1. The van der Waals surface area contributed by atoms with Crippen LogP contribution in [0.2, 0.25) is 0 Å². The largest absolute Gasteiger partial charge is 0.444 e. The molecule has 2 aliphatic heterocycles. The monoisotopic (exact) mass is 813 g/mol. The maximum Gasteiger partial charge on any atom is 0.410 e. The van der Waals surface area contributed by atoms with Gasteiger partial charge in [-0.05, 0) is 97.1 Å². The van der Waals surface area contributed by atoms with E-state index in [1.54, 1.807) is 49.9 Å². The summed E-state index contributed by atoms with van der Waals surface area (Å²) in [6.45, 7) is 6.59. The predicted octanol–water partition coefficient (Wildman–Crippen LogP) is 6.07. The number of rotatable bonds is 16. The van der Waals surface area contributed by atoms with Gasteiger partial charge in [-0.3, -0.25) is 14.4 Å². The Hall–Kier alpha value is -4.31. The summed E-state index contributed by atoms with van der Waals surface area (Å²) in [6.07, 6.45) is 9.70. The predicted molar refractivity (Wildman–Crippen MR) is 213 cm³/mol. The third kappa shape index (κ3) is 13.4. The van der Waals surface area contributed by atoms with E-state index in [2.05, 4.69) is 15.0 Å². The van der Waals surface area contributed by atoms with Crippen LogP contribution >= 0.6 is 0 Å². The van der Waals surface area contributed by atoms with E-state index < -0.39 is 69.4 Å². The van der Waals surface area contributed by atoms with Gasteiger partial charge in [-0.25, -0.2) is 27.7 Å². The number of benzene rings is 1. The lowest BCUT2D eigenvalue weighted by molar-refractivity contribution is -0.139. The Morgan fingerprint density at radius 3 is 2.39 bits per heavy atom. The molecule has 4 atom stereocenters. The van der Waals surface area contributed by atoms with Gasteiger partial charge in [-0.1, -0.05) is 36.6 Å². The van der Waals surface area contributed by atoms with Crippen LogP contribution in [-0.2, 0) is 29.1 Å². The number of hydrogen-bond donors (Lipinski definition) is 2. The molecule has 0 radical (unpaired) electrons. The zero-order valence-electron chi connectivity index (χ0n) is 33.8. The smallest absolute Gasteiger partial charge is 0.410 e. The molecule has 2 saturated heterocycles. The molecule has 3 aliphatic rings. The Bertz CT molecular complexity index is 1840. The molecule has 1 aromatic heterocycles. The van der Waals surface area contributed by atoms with Gasteiger partial charge in [-0.2, -0.15) is 0 Å². The Morgan fingerprint density at radius 2 is 1.70 bits per heavy atom. The Morgan fingerprint density at radius 1 is 1.00 bits per heavy atom. The topological polar surface area (TPSA) is 195 Å². The number of aromatic nitrogens is 1. The Kier molecular flexibility index (Phi) is 15.3. The van der Waals surface area contributed by atoms with Gasteiger partial charge in [0.25, 0.3) is 5.89 Å². The molecule has 2 aromatic rings. The highest BCUT2D eigenvalue weighted by Crippen LogP contribution is 2.30. The van der Waals surface area contributed by atoms with Gasteiger partial charge < -0.3 is 29.0 Å². The van der Waals surface area contributed by atoms with Gasteiger partial charge in [0.2, 0.25) is 21.7 Å². The van der Waals surface area contributed by atoms with Crippen LogP contribution in [0.5, 0.6) is 0 Å². The molecule has 0 bridgehead atoms. The van der Waals surface area contributed by atoms with Crippen molar-refractivity contribution in [3.05, 3.63) is 41.8 Å². The number of amides is 3. The number of ketones is 2. The van der Waals surface area contributed by atoms with E-state index in [1.165, 1.54) is 10.5 Å². The Balaban J connectivity index is 1.36. The first-order chi connectivity index (χ1) is 27.1. The third-order valence-electron chi connectivity index (χ3n) is 10.6. The number of piperidine rings is 1. The van der Waals surface area contributed by atoms with Crippen LogP contribution < -0.4 is 10.0 Å². The van der Waals surface area contributed by atoms with E-state index >= 15 is 0 Å². The van der Waals surface area contributed by atoms with Crippen molar-refractivity contribution in [2.45, 2.75) is 134 Å². The number of oxazole rings is 1. The molecule has 1 saturated carbocycles. The van der Waals surface area contributed by atoms with Gasteiger partial charge in [0.1, 0.15) is 23.3 Å². The number of fused-ring (bicyclic) bond motifs is 1. The van der Waals surface area contributed by atoms with Crippen molar-refractivity contribution in [2.24, 2.45) is 5.92 Å². The third-order valence-corrected chi connectivity index (χ3v) is 11.3. The Labute approximate surface area is 335 Å². The molecule has 15 nitrogen and oxygen atoms in total. The summed E-state index contributed by atoms with van der Waals surface area (Å²) >= 11 is 0. The maximum absolute atomic E-state index is 14.5. The number of para-hydroxylation sites is 2. The zero-order valence-corrected chi connectivity index (χ0v) is 34.6. The van der Waals surface area contributed by atoms with Gasteiger partial charge in [0, 0.05) is 38.4 Å². The molecule has 0 unspecified atom stereocenters. The first-order valence-corrected chi connectivity index (χ1v) is 22.3. The van der Waals surface area contributed by atoms with E-state index in [0.29, 0.717) is 37.0 Å². The second-order valence-electron chi connectivity index (χ2n) is 16.5. The number of carbonyl (C=O) groups is 5. The average Bonchev–Trinajstić information content (AvgIpc) is 3.80. The van der Waals surface area contributed by atoms with Crippen molar-refractivity contribution in [3.8, 4) is 0 Å². The lowest BCUT2D eigenvalue weighted by Crippen LogP contribution is -2.51. The molecule has 3 amide bonds. The summed E-state index contributed by atoms with van der Waals surface area (Å²) in [4.78, 5) is 75.6. The molecular formula is C41H59N5O10S. The summed E-state index contributed by atoms with van der Waals surface area (Å²) in [5, 5.41) is 2.71. The summed E-state index contributed by atoms with van der Waals surface area (Å²) < 4.78 is 44.6. The van der Waals surface area contributed by atoms with Crippen LogP contribution in [-0.4, -0.2) is 109 Å². The van der Waals surface area contributed by atoms with Crippen molar-refractivity contribution in [1.29, 1.82) is 0 Å². The van der Waals surface area contributed by atoms with E-state index in [1.807, 2.05) is 6.08 Å². The van der Waals surface area contributed by atoms with E-state index in [4.69, 9.17) is 13.9 Å². The number of carbonyl (C=O) groups excluding carboxylic acids is 5. The van der Waals surface area contributed by atoms with E-state index in [9.17, 15) is 32.4 Å². The molecule has 3 heterocycles. The van der Waals surface area contributed by atoms with Crippen molar-refractivity contribution in [3.63, 3.8) is 0 Å². The molecule has 1 aliphatic carbocycles. The average molecular weight is 814 g/mol. The van der Waals surface area contributed by atoms with Crippen LogP contribution in [0, 0.1) is 5.92 Å². The quantitative estimate of drug-likeness (QED) is 0.113. The van der Waals surface area contributed by atoms with Crippen molar-refractivity contribution in [1.82, 2.24) is 24.8 Å². The van der Waals surface area contributed by atoms with Crippen LogP contribution in [0.25, 0.3) is 11.1 Å². The fourth-order valence-electron chi connectivity index (χ4n) is 7.76. The number of nitrogens with zero attached hydrogens (tertiary/aromatic N) is 3. The van der Waals surface area contributed by atoms with Crippen LogP contribution in [0.1, 0.15) is 121 Å². The molecule has 1 aromatic carbocycles. The van der Waals surface area contributed by atoms with Crippen molar-refractivity contribution < 1.29 is 46.3 Å². The van der Waals surface area contributed by atoms with E-state index in [0.717, 1.165) is 57.6 Å². The number of Topliss-reactive ketones (excluding diaryl/α,β-unsaturated/α-hetero) is 2. The SMILES string of the molecule is CC(C)(C)OC(=O)NCCCC[C@H](CC(=O)[C@@H]1C[C@@H](OC(=O)N2CCCCC2)CN1C(=O)[C@@H](CC=C1CCCCC1)NS(C)(=O)=O)C(=O)c1nc2ccccc2o1. The van der Waals surface area contributed by atoms with Gasteiger partial charge in [0.05, 0.1) is 18.8 Å². The summed E-state index contributed by atoms with van der Waals surface area (Å²) in [5.41, 5.74) is 1.42. The lowest BCUT2D eigenvalue weighted by atomic mass is 9.89.